The predicted octanol–water partition coefficient (Wildman–Crippen LogP) is 1.68. The Kier molecular flexibility index (Phi) is 4.52. The number of hydrazine groups is 1. The second-order valence-electron chi connectivity index (χ2n) is 4.77. The number of aromatic nitrogens is 1. The molecule has 1 amide bonds. The van der Waals surface area contributed by atoms with E-state index in [0.717, 1.165) is 18.9 Å². The molecule has 1 heterocycles. The highest BCUT2D eigenvalue weighted by Gasteiger charge is 2.15. The lowest BCUT2D eigenvalue weighted by molar-refractivity contribution is 0.0946. The number of carbonyl (C=O) groups excluding carboxylic acids is 1. The fraction of sp³-hybridized carbons (Fsp3) is 0.538. The molecule has 5 heteroatoms. The van der Waals surface area contributed by atoms with Crippen molar-refractivity contribution in [2.75, 3.05) is 12.0 Å². The Balaban J connectivity index is 1.79. The van der Waals surface area contributed by atoms with Crippen LogP contribution >= 0.6 is 0 Å². The van der Waals surface area contributed by atoms with Gasteiger partial charge in [0.25, 0.3) is 5.91 Å². The SMILES string of the molecule is NNc1ccnc(C(=O)NCCC2CCCC2)c1. The summed E-state index contributed by atoms with van der Waals surface area (Å²) in [5.41, 5.74) is 3.59. The largest absolute Gasteiger partial charge is 0.351 e. The maximum Gasteiger partial charge on any atom is 0.269 e. The Morgan fingerprint density at radius 3 is 2.94 bits per heavy atom. The Labute approximate surface area is 107 Å². The van der Waals surface area contributed by atoms with Crippen LogP contribution in [-0.4, -0.2) is 17.4 Å². The van der Waals surface area contributed by atoms with Gasteiger partial charge in [-0.2, -0.15) is 0 Å². The Bertz CT molecular complexity index is 402. The summed E-state index contributed by atoms with van der Waals surface area (Å²) < 4.78 is 0. The first-order valence-electron chi connectivity index (χ1n) is 6.50. The second-order valence-corrected chi connectivity index (χ2v) is 4.77. The Morgan fingerprint density at radius 1 is 1.44 bits per heavy atom. The third kappa shape index (κ3) is 3.43. The zero-order valence-corrected chi connectivity index (χ0v) is 10.5. The van der Waals surface area contributed by atoms with Crippen molar-refractivity contribution < 1.29 is 4.79 Å². The molecule has 0 unspecified atom stereocenters. The minimum absolute atomic E-state index is 0.134. The van der Waals surface area contributed by atoms with Crippen LogP contribution in [0, 0.1) is 5.92 Å². The first-order chi connectivity index (χ1) is 8.79. The monoisotopic (exact) mass is 248 g/mol. The van der Waals surface area contributed by atoms with E-state index in [9.17, 15) is 4.79 Å². The van der Waals surface area contributed by atoms with Crippen LogP contribution in [0.3, 0.4) is 0 Å². The van der Waals surface area contributed by atoms with Crippen LogP contribution < -0.4 is 16.6 Å². The number of nitrogen functional groups attached to an aromatic ring is 1. The molecule has 0 aromatic carbocycles. The van der Waals surface area contributed by atoms with E-state index in [1.807, 2.05) is 0 Å². The number of hydrogen-bond acceptors (Lipinski definition) is 4. The zero-order chi connectivity index (χ0) is 12.8. The fourth-order valence-electron chi connectivity index (χ4n) is 2.42. The van der Waals surface area contributed by atoms with Crippen molar-refractivity contribution in [1.29, 1.82) is 0 Å². The first-order valence-corrected chi connectivity index (χ1v) is 6.50. The predicted molar refractivity (Wildman–Crippen MR) is 71.0 cm³/mol. The zero-order valence-electron chi connectivity index (χ0n) is 10.5. The molecule has 5 nitrogen and oxygen atoms in total. The van der Waals surface area contributed by atoms with Crippen molar-refractivity contribution in [3.63, 3.8) is 0 Å². The van der Waals surface area contributed by atoms with Crippen molar-refractivity contribution in [1.82, 2.24) is 10.3 Å². The topological polar surface area (TPSA) is 80.0 Å². The molecule has 1 aliphatic carbocycles. The van der Waals surface area contributed by atoms with Crippen molar-refractivity contribution in [3.05, 3.63) is 24.0 Å². The highest BCUT2D eigenvalue weighted by atomic mass is 16.1. The number of hydrogen-bond donors (Lipinski definition) is 3. The van der Waals surface area contributed by atoms with E-state index in [4.69, 9.17) is 5.84 Å². The lowest BCUT2D eigenvalue weighted by Crippen LogP contribution is -2.26. The van der Waals surface area contributed by atoms with Crippen molar-refractivity contribution in [3.8, 4) is 0 Å². The van der Waals surface area contributed by atoms with Gasteiger partial charge in [-0.3, -0.25) is 15.6 Å². The smallest absolute Gasteiger partial charge is 0.269 e. The number of carbonyl (C=O) groups is 1. The van der Waals surface area contributed by atoms with Crippen LogP contribution in [0.1, 0.15) is 42.6 Å². The molecule has 0 bridgehead atoms. The normalized spacial score (nSPS) is 15.6. The maximum absolute atomic E-state index is 11.8. The van der Waals surface area contributed by atoms with Crippen molar-refractivity contribution in [2.45, 2.75) is 32.1 Å². The number of nitrogens with two attached hydrogens (primary N) is 1. The molecule has 0 spiro atoms. The molecule has 1 aliphatic rings. The van der Waals surface area contributed by atoms with Gasteiger partial charge in [-0.05, 0) is 24.5 Å². The average molecular weight is 248 g/mol. The van der Waals surface area contributed by atoms with Gasteiger partial charge in [-0.25, -0.2) is 0 Å². The molecule has 0 radical (unpaired) electrons. The summed E-state index contributed by atoms with van der Waals surface area (Å²) in [6.07, 6.45) is 7.93. The molecule has 18 heavy (non-hydrogen) atoms. The molecular formula is C13H20N4O. The van der Waals surface area contributed by atoms with Gasteiger partial charge in [-0.1, -0.05) is 25.7 Å². The minimum atomic E-state index is -0.134. The Morgan fingerprint density at radius 2 is 2.22 bits per heavy atom. The molecule has 4 N–H and O–H groups in total. The molecule has 1 fully saturated rings. The molecule has 1 saturated carbocycles. The fourth-order valence-corrected chi connectivity index (χ4v) is 2.42. The van der Waals surface area contributed by atoms with Gasteiger partial charge >= 0.3 is 0 Å². The van der Waals surface area contributed by atoms with Crippen LogP contribution in [0.4, 0.5) is 5.69 Å². The maximum atomic E-state index is 11.8. The number of anilines is 1. The quantitative estimate of drug-likeness (QED) is 0.547. The van der Waals surface area contributed by atoms with Gasteiger partial charge in [0, 0.05) is 12.7 Å². The van der Waals surface area contributed by atoms with Crippen molar-refractivity contribution >= 4 is 11.6 Å². The van der Waals surface area contributed by atoms with Gasteiger partial charge in [0.15, 0.2) is 0 Å². The van der Waals surface area contributed by atoms with E-state index in [-0.39, 0.29) is 5.91 Å². The van der Waals surface area contributed by atoms with E-state index in [1.54, 1.807) is 18.3 Å². The van der Waals surface area contributed by atoms with E-state index in [1.165, 1.54) is 25.7 Å². The first kappa shape index (κ1) is 12.8. The highest BCUT2D eigenvalue weighted by molar-refractivity contribution is 5.93. The summed E-state index contributed by atoms with van der Waals surface area (Å²) >= 11 is 0. The standard InChI is InChI=1S/C13H20N4O/c14-17-11-6-8-15-12(9-11)13(18)16-7-5-10-3-1-2-4-10/h6,8-10H,1-5,7,14H2,(H,15,17)(H,16,18). The van der Waals surface area contributed by atoms with Gasteiger partial charge in [0.2, 0.25) is 0 Å². The van der Waals surface area contributed by atoms with E-state index in [2.05, 4.69) is 15.7 Å². The molecular weight excluding hydrogens is 228 g/mol. The summed E-state index contributed by atoms with van der Waals surface area (Å²) in [5, 5.41) is 2.91. The van der Waals surface area contributed by atoms with Crippen LogP contribution in [0.5, 0.6) is 0 Å². The number of nitrogens with zero attached hydrogens (tertiary/aromatic N) is 1. The lowest BCUT2D eigenvalue weighted by atomic mass is 10.0. The van der Waals surface area contributed by atoms with E-state index >= 15 is 0 Å². The van der Waals surface area contributed by atoms with Gasteiger partial charge in [0.05, 0.1) is 5.69 Å². The number of rotatable bonds is 5. The summed E-state index contributed by atoms with van der Waals surface area (Å²) in [5.74, 6) is 5.95. The lowest BCUT2D eigenvalue weighted by Gasteiger charge is -2.09. The molecule has 2 rings (SSSR count). The third-order valence-corrected chi connectivity index (χ3v) is 3.47. The Hall–Kier alpha value is -1.62. The van der Waals surface area contributed by atoms with Gasteiger partial charge in [0.1, 0.15) is 5.69 Å². The minimum Gasteiger partial charge on any atom is -0.351 e. The molecule has 1 aromatic rings. The molecule has 0 aliphatic heterocycles. The van der Waals surface area contributed by atoms with Gasteiger partial charge in [-0.15, -0.1) is 0 Å². The van der Waals surface area contributed by atoms with Crippen LogP contribution in [0.25, 0.3) is 0 Å². The third-order valence-electron chi connectivity index (χ3n) is 3.47. The number of amides is 1. The van der Waals surface area contributed by atoms with Gasteiger partial charge < -0.3 is 10.7 Å². The molecule has 1 aromatic heterocycles. The summed E-state index contributed by atoms with van der Waals surface area (Å²) in [6, 6.07) is 3.36. The van der Waals surface area contributed by atoms with Crippen LogP contribution in [0.2, 0.25) is 0 Å². The summed E-state index contributed by atoms with van der Waals surface area (Å²) in [7, 11) is 0. The number of pyridine rings is 1. The van der Waals surface area contributed by atoms with Crippen molar-refractivity contribution in [2.24, 2.45) is 11.8 Å². The number of nitrogens with one attached hydrogen (secondary N) is 2. The van der Waals surface area contributed by atoms with E-state index < -0.39 is 0 Å². The molecule has 98 valence electrons. The molecule has 0 saturated heterocycles. The van der Waals surface area contributed by atoms with Crippen LogP contribution in [0.15, 0.2) is 18.3 Å². The highest BCUT2D eigenvalue weighted by Crippen LogP contribution is 2.26. The van der Waals surface area contributed by atoms with E-state index in [0.29, 0.717) is 11.4 Å². The summed E-state index contributed by atoms with van der Waals surface area (Å²) in [6.45, 7) is 0.728. The second kappa shape index (κ2) is 6.35. The summed E-state index contributed by atoms with van der Waals surface area (Å²) in [4.78, 5) is 15.9. The average Bonchev–Trinajstić information content (AvgIpc) is 2.92. The van der Waals surface area contributed by atoms with Crippen LogP contribution in [-0.2, 0) is 0 Å². The molecule has 0 atom stereocenters.